The summed E-state index contributed by atoms with van der Waals surface area (Å²) in [6.45, 7) is 7.64. The average Bonchev–Trinajstić information content (AvgIpc) is 2.40. The van der Waals surface area contributed by atoms with Crippen LogP contribution in [0.2, 0.25) is 0 Å². The van der Waals surface area contributed by atoms with Crippen molar-refractivity contribution in [1.82, 2.24) is 10.2 Å². The zero-order valence-electron chi connectivity index (χ0n) is 12.2. The van der Waals surface area contributed by atoms with Crippen molar-refractivity contribution in [1.29, 1.82) is 0 Å². The SMILES string of the molecule is CCN(CC)CC(O)CNCCc1cc(F)cc(F)c1. The summed E-state index contributed by atoms with van der Waals surface area (Å²) in [4.78, 5) is 2.15. The lowest BCUT2D eigenvalue weighted by molar-refractivity contribution is 0.117. The number of hydrogen-bond donors (Lipinski definition) is 2. The van der Waals surface area contributed by atoms with Crippen LogP contribution >= 0.6 is 0 Å². The number of rotatable bonds is 9. The lowest BCUT2D eigenvalue weighted by atomic mass is 10.1. The van der Waals surface area contributed by atoms with Crippen LogP contribution in [0.1, 0.15) is 19.4 Å². The molecule has 0 saturated heterocycles. The summed E-state index contributed by atoms with van der Waals surface area (Å²) >= 11 is 0. The molecule has 3 nitrogen and oxygen atoms in total. The van der Waals surface area contributed by atoms with Crippen LogP contribution in [0.5, 0.6) is 0 Å². The monoisotopic (exact) mass is 286 g/mol. The molecule has 0 heterocycles. The van der Waals surface area contributed by atoms with Crippen molar-refractivity contribution in [3.63, 3.8) is 0 Å². The standard InChI is InChI=1S/C15H24F2N2O/c1-3-19(4-2)11-15(20)10-18-6-5-12-7-13(16)9-14(17)8-12/h7-9,15,18,20H,3-6,10-11H2,1-2H3. The van der Waals surface area contributed by atoms with Gasteiger partial charge in [-0.15, -0.1) is 0 Å². The minimum absolute atomic E-state index is 0.431. The van der Waals surface area contributed by atoms with E-state index in [4.69, 9.17) is 0 Å². The van der Waals surface area contributed by atoms with Gasteiger partial charge in [0, 0.05) is 19.2 Å². The van der Waals surface area contributed by atoms with Crippen LogP contribution in [-0.4, -0.2) is 48.8 Å². The molecule has 0 saturated carbocycles. The fourth-order valence-corrected chi connectivity index (χ4v) is 2.10. The van der Waals surface area contributed by atoms with Gasteiger partial charge in [0.1, 0.15) is 11.6 Å². The van der Waals surface area contributed by atoms with E-state index in [2.05, 4.69) is 24.1 Å². The molecule has 0 amide bonds. The first-order valence-corrected chi connectivity index (χ1v) is 7.11. The lowest BCUT2D eigenvalue weighted by Gasteiger charge is -2.22. The lowest BCUT2D eigenvalue weighted by Crippen LogP contribution is -2.38. The molecule has 0 aliphatic heterocycles. The molecule has 1 rings (SSSR count). The first kappa shape index (κ1) is 17.0. The van der Waals surface area contributed by atoms with E-state index in [1.807, 2.05) is 0 Å². The average molecular weight is 286 g/mol. The summed E-state index contributed by atoms with van der Waals surface area (Å²) in [7, 11) is 0. The zero-order valence-corrected chi connectivity index (χ0v) is 12.2. The minimum Gasteiger partial charge on any atom is -0.390 e. The van der Waals surface area contributed by atoms with Crippen molar-refractivity contribution >= 4 is 0 Å². The first-order chi connectivity index (χ1) is 9.55. The molecule has 5 heteroatoms. The maximum atomic E-state index is 13.0. The van der Waals surface area contributed by atoms with Gasteiger partial charge in [0.25, 0.3) is 0 Å². The number of aliphatic hydroxyl groups excluding tert-OH is 1. The molecule has 0 aromatic heterocycles. The molecule has 1 aromatic carbocycles. The highest BCUT2D eigenvalue weighted by molar-refractivity contribution is 5.18. The van der Waals surface area contributed by atoms with E-state index in [0.29, 0.717) is 31.6 Å². The van der Waals surface area contributed by atoms with Crippen molar-refractivity contribution in [2.24, 2.45) is 0 Å². The molecular formula is C15H24F2N2O. The van der Waals surface area contributed by atoms with Crippen LogP contribution in [0.25, 0.3) is 0 Å². The van der Waals surface area contributed by atoms with Crippen molar-refractivity contribution in [3.8, 4) is 0 Å². The molecule has 1 aromatic rings. The van der Waals surface area contributed by atoms with E-state index in [1.54, 1.807) is 0 Å². The Bertz CT molecular complexity index is 377. The number of nitrogens with one attached hydrogen (secondary N) is 1. The number of aliphatic hydroxyl groups is 1. The quantitative estimate of drug-likeness (QED) is 0.680. The van der Waals surface area contributed by atoms with Crippen molar-refractivity contribution in [3.05, 3.63) is 35.4 Å². The van der Waals surface area contributed by atoms with Crippen LogP contribution in [0.4, 0.5) is 8.78 Å². The number of halogens is 2. The predicted molar refractivity (Wildman–Crippen MR) is 76.7 cm³/mol. The summed E-state index contributed by atoms with van der Waals surface area (Å²) in [5, 5.41) is 12.9. The molecule has 0 spiro atoms. The molecular weight excluding hydrogens is 262 g/mol. The summed E-state index contributed by atoms with van der Waals surface area (Å²) in [6.07, 6.45) is 0.103. The Labute approximate surface area is 119 Å². The maximum absolute atomic E-state index is 13.0. The molecule has 20 heavy (non-hydrogen) atoms. The predicted octanol–water partition coefficient (Wildman–Crippen LogP) is 1.80. The van der Waals surface area contributed by atoms with E-state index in [-0.39, 0.29) is 0 Å². The second kappa shape index (κ2) is 9.00. The van der Waals surface area contributed by atoms with Crippen molar-refractivity contribution in [2.75, 3.05) is 32.7 Å². The Morgan fingerprint density at radius 2 is 1.75 bits per heavy atom. The fraction of sp³-hybridized carbons (Fsp3) is 0.600. The summed E-state index contributed by atoms with van der Waals surface area (Å²) < 4.78 is 26.0. The highest BCUT2D eigenvalue weighted by Crippen LogP contribution is 2.08. The van der Waals surface area contributed by atoms with Crippen LogP contribution < -0.4 is 5.32 Å². The highest BCUT2D eigenvalue weighted by atomic mass is 19.1. The normalized spacial score (nSPS) is 12.9. The molecule has 2 N–H and O–H groups in total. The molecule has 0 aliphatic rings. The number of hydrogen-bond acceptors (Lipinski definition) is 3. The van der Waals surface area contributed by atoms with Gasteiger partial charge in [-0.2, -0.15) is 0 Å². The Kier molecular flexibility index (Phi) is 7.65. The van der Waals surface area contributed by atoms with Gasteiger partial charge in [0.2, 0.25) is 0 Å². The Balaban J connectivity index is 2.24. The van der Waals surface area contributed by atoms with Gasteiger partial charge in [0.05, 0.1) is 6.10 Å². The van der Waals surface area contributed by atoms with E-state index in [9.17, 15) is 13.9 Å². The molecule has 1 atom stereocenters. The van der Waals surface area contributed by atoms with Gasteiger partial charge in [-0.05, 0) is 43.8 Å². The number of nitrogens with zero attached hydrogens (tertiary/aromatic N) is 1. The third-order valence-corrected chi connectivity index (χ3v) is 3.26. The second-order valence-electron chi connectivity index (χ2n) is 4.87. The molecule has 0 radical (unpaired) electrons. The van der Waals surface area contributed by atoms with Gasteiger partial charge in [-0.25, -0.2) is 8.78 Å². The molecule has 0 aliphatic carbocycles. The molecule has 114 valence electrons. The highest BCUT2D eigenvalue weighted by Gasteiger charge is 2.08. The topological polar surface area (TPSA) is 35.5 Å². The first-order valence-electron chi connectivity index (χ1n) is 7.11. The van der Waals surface area contributed by atoms with Gasteiger partial charge in [0.15, 0.2) is 0 Å². The van der Waals surface area contributed by atoms with Gasteiger partial charge in [-0.3, -0.25) is 0 Å². The van der Waals surface area contributed by atoms with Crippen LogP contribution in [0, 0.1) is 11.6 Å². The Morgan fingerprint density at radius 3 is 2.30 bits per heavy atom. The Hall–Kier alpha value is -1.04. The van der Waals surface area contributed by atoms with Crippen molar-refractivity contribution < 1.29 is 13.9 Å². The van der Waals surface area contributed by atoms with Crippen LogP contribution in [-0.2, 0) is 6.42 Å². The summed E-state index contributed by atoms with van der Waals surface area (Å²) in [5.74, 6) is -1.11. The number of benzene rings is 1. The third kappa shape index (κ3) is 6.41. The largest absolute Gasteiger partial charge is 0.390 e. The maximum Gasteiger partial charge on any atom is 0.126 e. The van der Waals surface area contributed by atoms with E-state index in [0.717, 1.165) is 19.2 Å². The fourth-order valence-electron chi connectivity index (χ4n) is 2.10. The van der Waals surface area contributed by atoms with Gasteiger partial charge < -0.3 is 15.3 Å². The Morgan fingerprint density at radius 1 is 1.15 bits per heavy atom. The zero-order chi connectivity index (χ0) is 15.0. The van der Waals surface area contributed by atoms with E-state index < -0.39 is 17.7 Å². The van der Waals surface area contributed by atoms with Gasteiger partial charge >= 0.3 is 0 Å². The molecule has 0 bridgehead atoms. The molecule has 0 fully saturated rings. The molecule has 1 unspecified atom stereocenters. The van der Waals surface area contributed by atoms with E-state index in [1.165, 1.54) is 12.1 Å². The summed E-state index contributed by atoms with van der Waals surface area (Å²) in [6, 6.07) is 3.53. The van der Waals surface area contributed by atoms with Crippen molar-refractivity contribution in [2.45, 2.75) is 26.4 Å². The minimum atomic E-state index is -0.554. The second-order valence-corrected chi connectivity index (χ2v) is 4.87. The number of likely N-dealkylation sites (N-methyl/N-ethyl adjacent to an activating group) is 1. The van der Waals surface area contributed by atoms with Crippen LogP contribution in [0.15, 0.2) is 18.2 Å². The smallest absolute Gasteiger partial charge is 0.126 e. The summed E-state index contributed by atoms with van der Waals surface area (Å²) in [5.41, 5.74) is 0.619. The van der Waals surface area contributed by atoms with Crippen LogP contribution in [0.3, 0.4) is 0 Å². The third-order valence-electron chi connectivity index (χ3n) is 3.26. The van der Waals surface area contributed by atoms with E-state index >= 15 is 0 Å². The van der Waals surface area contributed by atoms with Gasteiger partial charge in [-0.1, -0.05) is 13.8 Å².